The number of carbonyl (C=O) groups is 1. The molecule has 0 bridgehead atoms. The van der Waals surface area contributed by atoms with Crippen LogP contribution in [0.1, 0.15) is 60.6 Å². The normalized spacial score (nSPS) is 20.0. The van der Waals surface area contributed by atoms with Gasteiger partial charge in [0.1, 0.15) is 5.82 Å². The number of carbonyl (C=O) groups excluding carboxylic acids is 1. The van der Waals surface area contributed by atoms with Gasteiger partial charge in [0, 0.05) is 30.8 Å². The minimum absolute atomic E-state index is 0.0769. The summed E-state index contributed by atoms with van der Waals surface area (Å²) in [7, 11) is 0. The van der Waals surface area contributed by atoms with Crippen molar-refractivity contribution in [3.63, 3.8) is 0 Å². The second kappa shape index (κ2) is 7.94. The molecule has 144 valence electrons. The standard InChI is InChI=1S/C20H26N4O2S/c1-2-5-18(25)24-10-8-16-15(13-24)20(26)22-19(21-16)17-7-3-9-23(17)12-14-6-4-11-27-14/h4,6,11,17H,2-3,5,7-10,12-13H2,1H3,(H,21,22,26). The van der Waals surface area contributed by atoms with Gasteiger partial charge in [-0.1, -0.05) is 13.0 Å². The molecule has 1 unspecified atom stereocenters. The van der Waals surface area contributed by atoms with E-state index in [0.29, 0.717) is 31.5 Å². The molecule has 1 saturated heterocycles. The topological polar surface area (TPSA) is 69.3 Å². The van der Waals surface area contributed by atoms with Crippen molar-refractivity contribution in [3.05, 3.63) is 49.8 Å². The zero-order valence-corrected chi connectivity index (χ0v) is 16.6. The highest BCUT2D eigenvalue weighted by atomic mass is 32.1. The predicted molar refractivity (Wildman–Crippen MR) is 106 cm³/mol. The van der Waals surface area contributed by atoms with E-state index >= 15 is 0 Å². The van der Waals surface area contributed by atoms with Crippen LogP contribution >= 0.6 is 11.3 Å². The van der Waals surface area contributed by atoms with Gasteiger partial charge >= 0.3 is 0 Å². The Morgan fingerprint density at radius 1 is 1.41 bits per heavy atom. The predicted octanol–water partition coefficient (Wildman–Crippen LogP) is 2.85. The van der Waals surface area contributed by atoms with Crippen molar-refractivity contribution < 1.29 is 4.79 Å². The second-order valence-corrected chi connectivity index (χ2v) is 8.43. The van der Waals surface area contributed by atoms with Gasteiger partial charge in [-0.3, -0.25) is 14.5 Å². The molecule has 2 aromatic rings. The molecule has 4 heterocycles. The van der Waals surface area contributed by atoms with E-state index in [0.717, 1.165) is 43.9 Å². The number of nitrogens with one attached hydrogen (secondary N) is 1. The summed E-state index contributed by atoms with van der Waals surface area (Å²) in [6.45, 7) is 4.98. The molecule has 1 N–H and O–H groups in total. The van der Waals surface area contributed by atoms with Crippen LogP contribution in [0.3, 0.4) is 0 Å². The van der Waals surface area contributed by atoms with Crippen molar-refractivity contribution in [1.29, 1.82) is 0 Å². The Morgan fingerprint density at radius 3 is 3.07 bits per heavy atom. The number of aromatic nitrogens is 2. The van der Waals surface area contributed by atoms with Gasteiger partial charge in [0.05, 0.1) is 23.8 Å². The van der Waals surface area contributed by atoms with Crippen molar-refractivity contribution in [2.45, 2.75) is 58.2 Å². The largest absolute Gasteiger partial charge is 0.338 e. The number of fused-ring (bicyclic) bond motifs is 1. The molecule has 2 aliphatic heterocycles. The molecule has 1 fully saturated rings. The van der Waals surface area contributed by atoms with Crippen molar-refractivity contribution >= 4 is 17.2 Å². The lowest BCUT2D eigenvalue weighted by atomic mass is 10.1. The summed E-state index contributed by atoms with van der Waals surface area (Å²) in [5, 5.41) is 2.10. The fourth-order valence-electron chi connectivity index (χ4n) is 4.11. The van der Waals surface area contributed by atoms with Crippen LogP contribution in [0, 0.1) is 0 Å². The van der Waals surface area contributed by atoms with E-state index in [1.807, 2.05) is 6.92 Å². The van der Waals surface area contributed by atoms with Crippen molar-refractivity contribution in [3.8, 4) is 0 Å². The molecule has 0 aliphatic carbocycles. The second-order valence-electron chi connectivity index (χ2n) is 7.40. The van der Waals surface area contributed by atoms with Crippen LogP contribution in [-0.2, 0) is 24.3 Å². The molecule has 0 spiro atoms. The van der Waals surface area contributed by atoms with E-state index in [2.05, 4.69) is 27.4 Å². The molecule has 2 aliphatic rings. The number of nitrogens with zero attached hydrogens (tertiary/aromatic N) is 3. The van der Waals surface area contributed by atoms with E-state index in [9.17, 15) is 9.59 Å². The molecule has 2 aromatic heterocycles. The maximum absolute atomic E-state index is 12.7. The van der Waals surface area contributed by atoms with E-state index in [1.54, 1.807) is 16.2 Å². The van der Waals surface area contributed by atoms with Gasteiger partial charge in [-0.25, -0.2) is 4.98 Å². The Bertz CT molecular complexity index is 861. The molecule has 1 amide bonds. The fraction of sp³-hybridized carbons (Fsp3) is 0.550. The minimum atomic E-state index is -0.0769. The van der Waals surface area contributed by atoms with Crippen molar-refractivity contribution in [2.24, 2.45) is 0 Å². The third-order valence-electron chi connectivity index (χ3n) is 5.52. The maximum Gasteiger partial charge on any atom is 0.256 e. The molecule has 0 saturated carbocycles. The summed E-state index contributed by atoms with van der Waals surface area (Å²) in [5.41, 5.74) is 1.46. The Morgan fingerprint density at radius 2 is 2.30 bits per heavy atom. The molecule has 7 heteroatoms. The number of hydrogen-bond donors (Lipinski definition) is 1. The van der Waals surface area contributed by atoms with E-state index < -0.39 is 0 Å². The van der Waals surface area contributed by atoms with Crippen LogP contribution in [0.2, 0.25) is 0 Å². The van der Waals surface area contributed by atoms with E-state index in [-0.39, 0.29) is 17.5 Å². The van der Waals surface area contributed by atoms with Crippen LogP contribution in [0.15, 0.2) is 22.3 Å². The molecule has 1 atom stereocenters. The highest BCUT2D eigenvalue weighted by Crippen LogP contribution is 2.32. The number of aromatic amines is 1. The summed E-state index contributed by atoms with van der Waals surface area (Å²) in [6, 6.07) is 4.41. The summed E-state index contributed by atoms with van der Waals surface area (Å²) in [4.78, 5) is 38.3. The zero-order valence-electron chi connectivity index (χ0n) is 15.7. The molecule has 0 aromatic carbocycles. The first-order chi connectivity index (χ1) is 13.2. The van der Waals surface area contributed by atoms with Crippen LogP contribution in [0.5, 0.6) is 0 Å². The van der Waals surface area contributed by atoms with Crippen LogP contribution < -0.4 is 5.56 Å². The molecular formula is C20H26N4O2S. The van der Waals surface area contributed by atoms with Crippen LogP contribution in [0.4, 0.5) is 0 Å². The highest BCUT2D eigenvalue weighted by molar-refractivity contribution is 7.09. The fourth-order valence-corrected chi connectivity index (χ4v) is 4.84. The van der Waals surface area contributed by atoms with Gasteiger partial charge in [-0.15, -0.1) is 11.3 Å². The number of likely N-dealkylation sites (tertiary alicyclic amines) is 1. The maximum atomic E-state index is 12.7. The van der Waals surface area contributed by atoms with Gasteiger partial charge in [0.15, 0.2) is 0 Å². The van der Waals surface area contributed by atoms with Crippen molar-refractivity contribution in [2.75, 3.05) is 13.1 Å². The van der Waals surface area contributed by atoms with Gasteiger partial charge in [0.25, 0.3) is 5.56 Å². The Balaban J connectivity index is 1.55. The molecule has 6 nitrogen and oxygen atoms in total. The first-order valence-electron chi connectivity index (χ1n) is 9.82. The molecule has 0 radical (unpaired) electrons. The first kappa shape index (κ1) is 18.4. The van der Waals surface area contributed by atoms with E-state index in [1.165, 1.54) is 4.88 Å². The lowest BCUT2D eigenvalue weighted by Gasteiger charge is -2.29. The quantitative estimate of drug-likeness (QED) is 0.858. The number of hydrogen-bond acceptors (Lipinski definition) is 5. The summed E-state index contributed by atoms with van der Waals surface area (Å²) < 4.78 is 0. The minimum Gasteiger partial charge on any atom is -0.338 e. The average Bonchev–Trinajstić information content (AvgIpc) is 3.34. The first-order valence-corrected chi connectivity index (χ1v) is 10.7. The number of rotatable bonds is 5. The number of H-pyrrole nitrogens is 1. The lowest BCUT2D eigenvalue weighted by molar-refractivity contribution is -0.132. The third-order valence-corrected chi connectivity index (χ3v) is 6.38. The Labute approximate surface area is 163 Å². The number of thiophene rings is 1. The average molecular weight is 387 g/mol. The van der Waals surface area contributed by atoms with Gasteiger partial charge in [0.2, 0.25) is 5.91 Å². The summed E-state index contributed by atoms with van der Waals surface area (Å²) >= 11 is 1.77. The smallest absolute Gasteiger partial charge is 0.256 e. The Hall–Kier alpha value is -1.99. The summed E-state index contributed by atoms with van der Waals surface area (Å²) in [5.74, 6) is 0.922. The molecular weight excluding hydrogens is 360 g/mol. The van der Waals surface area contributed by atoms with E-state index in [4.69, 9.17) is 4.98 Å². The van der Waals surface area contributed by atoms with Gasteiger partial charge in [-0.2, -0.15) is 0 Å². The van der Waals surface area contributed by atoms with Gasteiger partial charge < -0.3 is 9.88 Å². The lowest BCUT2D eigenvalue weighted by Crippen LogP contribution is -2.40. The SMILES string of the molecule is CCCC(=O)N1CCc2nc(C3CCCN3Cc3cccs3)[nH]c(=O)c2C1. The Kier molecular flexibility index (Phi) is 5.41. The highest BCUT2D eigenvalue weighted by Gasteiger charge is 2.30. The molecule has 27 heavy (non-hydrogen) atoms. The van der Waals surface area contributed by atoms with Gasteiger partial charge in [-0.05, 0) is 37.3 Å². The van der Waals surface area contributed by atoms with Crippen LogP contribution in [-0.4, -0.2) is 38.8 Å². The third kappa shape index (κ3) is 3.84. The van der Waals surface area contributed by atoms with Crippen LogP contribution in [0.25, 0.3) is 0 Å². The summed E-state index contributed by atoms with van der Waals surface area (Å²) in [6.07, 6.45) is 4.18. The monoisotopic (exact) mass is 386 g/mol. The number of amides is 1. The molecule has 4 rings (SSSR count). The van der Waals surface area contributed by atoms with Crippen molar-refractivity contribution in [1.82, 2.24) is 19.8 Å². The zero-order chi connectivity index (χ0) is 18.8.